The van der Waals surface area contributed by atoms with E-state index in [-0.39, 0.29) is 5.91 Å². The van der Waals surface area contributed by atoms with E-state index in [1.807, 2.05) is 30.3 Å². The fourth-order valence-corrected chi connectivity index (χ4v) is 4.16. The molecule has 1 amide bonds. The molecule has 0 aliphatic heterocycles. The van der Waals surface area contributed by atoms with Crippen LogP contribution in [-0.2, 0) is 0 Å². The molecule has 0 atom stereocenters. The van der Waals surface area contributed by atoms with Crippen LogP contribution >= 0.6 is 22.9 Å². The molecule has 4 rings (SSSR count). The van der Waals surface area contributed by atoms with Gasteiger partial charge in [-0.15, -0.1) is 11.3 Å². The molecule has 7 heteroatoms. The lowest BCUT2D eigenvalue weighted by Gasteiger charge is -2.04. The van der Waals surface area contributed by atoms with Gasteiger partial charge in [0.2, 0.25) is 0 Å². The zero-order valence-corrected chi connectivity index (χ0v) is 17.1. The van der Waals surface area contributed by atoms with Crippen LogP contribution in [0.1, 0.15) is 25.6 Å². The Bertz CT molecular complexity index is 1250. The number of ether oxygens (including phenoxy) is 1. The Labute approximate surface area is 181 Å². The van der Waals surface area contributed by atoms with Crippen LogP contribution in [0.4, 0.5) is 0 Å². The van der Waals surface area contributed by atoms with E-state index in [1.165, 1.54) is 17.6 Å². The molecule has 30 heavy (non-hydrogen) atoms. The van der Waals surface area contributed by atoms with E-state index in [0.717, 1.165) is 10.1 Å². The summed E-state index contributed by atoms with van der Waals surface area (Å²) < 4.78 is 6.41. The van der Waals surface area contributed by atoms with Crippen molar-refractivity contribution < 1.29 is 14.3 Å². The molecule has 148 valence electrons. The molecule has 3 aromatic carbocycles. The minimum absolute atomic E-state index is 0.311. The number of hydrazone groups is 1. The van der Waals surface area contributed by atoms with Gasteiger partial charge in [0, 0.05) is 15.6 Å². The number of hydrogen-bond acceptors (Lipinski definition) is 5. The molecule has 0 fully saturated rings. The molecule has 0 radical (unpaired) electrons. The van der Waals surface area contributed by atoms with Crippen molar-refractivity contribution in [1.82, 2.24) is 5.43 Å². The van der Waals surface area contributed by atoms with Gasteiger partial charge in [0.15, 0.2) is 0 Å². The van der Waals surface area contributed by atoms with E-state index >= 15 is 0 Å². The lowest BCUT2D eigenvalue weighted by atomic mass is 10.2. The van der Waals surface area contributed by atoms with Crippen molar-refractivity contribution in [3.8, 4) is 5.75 Å². The Hall–Kier alpha value is -3.48. The van der Waals surface area contributed by atoms with Gasteiger partial charge in [0.25, 0.3) is 5.91 Å². The molecule has 0 saturated carbocycles. The molecule has 1 heterocycles. The van der Waals surface area contributed by atoms with Gasteiger partial charge in [-0.1, -0.05) is 60.1 Å². The van der Waals surface area contributed by atoms with Crippen LogP contribution in [0.15, 0.2) is 84.0 Å². The zero-order valence-electron chi connectivity index (χ0n) is 15.5. The average molecular weight is 435 g/mol. The summed E-state index contributed by atoms with van der Waals surface area (Å²) in [4.78, 5) is 24.9. The van der Waals surface area contributed by atoms with E-state index in [1.54, 1.807) is 48.5 Å². The number of benzene rings is 3. The molecular formula is C23H15ClN2O3S. The van der Waals surface area contributed by atoms with Crippen molar-refractivity contribution in [2.75, 3.05) is 0 Å². The Morgan fingerprint density at radius 3 is 2.53 bits per heavy atom. The summed E-state index contributed by atoms with van der Waals surface area (Å²) in [6.07, 6.45) is 1.48. The number of esters is 1. The van der Waals surface area contributed by atoms with Gasteiger partial charge in [0.1, 0.15) is 10.6 Å². The zero-order chi connectivity index (χ0) is 20.9. The number of rotatable bonds is 5. The number of hydrogen-bond donors (Lipinski definition) is 1. The second-order valence-electron chi connectivity index (χ2n) is 6.27. The predicted molar refractivity (Wildman–Crippen MR) is 120 cm³/mol. The molecule has 0 saturated heterocycles. The van der Waals surface area contributed by atoms with Crippen molar-refractivity contribution in [1.29, 1.82) is 0 Å². The minimum atomic E-state index is -0.521. The normalized spacial score (nSPS) is 11.0. The Morgan fingerprint density at radius 2 is 1.73 bits per heavy atom. The molecular weight excluding hydrogens is 420 g/mol. The third-order valence-corrected chi connectivity index (χ3v) is 5.86. The molecule has 1 aromatic heterocycles. The molecule has 0 bridgehead atoms. The SMILES string of the molecule is O=C(NN=Cc1cccc(OC(=O)c2sc3ccccc3c2Cl)c1)c1ccccc1. The number of nitrogens with one attached hydrogen (secondary N) is 1. The van der Waals surface area contributed by atoms with Gasteiger partial charge in [-0.05, 0) is 35.9 Å². The highest BCUT2D eigenvalue weighted by Gasteiger charge is 2.19. The van der Waals surface area contributed by atoms with Gasteiger partial charge in [-0.2, -0.15) is 5.10 Å². The minimum Gasteiger partial charge on any atom is -0.422 e. The Morgan fingerprint density at radius 1 is 0.967 bits per heavy atom. The van der Waals surface area contributed by atoms with E-state index in [2.05, 4.69) is 10.5 Å². The topological polar surface area (TPSA) is 67.8 Å². The molecule has 0 aliphatic carbocycles. The van der Waals surface area contributed by atoms with Crippen LogP contribution in [0.25, 0.3) is 10.1 Å². The van der Waals surface area contributed by atoms with Crippen LogP contribution in [-0.4, -0.2) is 18.1 Å². The summed E-state index contributed by atoms with van der Waals surface area (Å²) in [6, 6.07) is 23.1. The summed E-state index contributed by atoms with van der Waals surface area (Å²) in [5.41, 5.74) is 3.64. The Kier molecular flexibility index (Phi) is 5.88. The van der Waals surface area contributed by atoms with Crippen LogP contribution in [0, 0.1) is 0 Å². The van der Waals surface area contributed by atoms with Gasteiger partial charge < -0.3 is 4.74 Å². The highest BCUT2D eigenvalue weighted by atomic mass is 35.5. The maximum Gasteiger partial charge on any atom is 0.355 e. The van der Waals surface area contributed by atoms with Crippen LogP contribution in [0.5, 0.6) is 5.75 Å². The van der Waals surface area contributed by atoms with E-state index in [0.29, 0.717) is 26.8 Å². The summed E-state index contributed by atoms with van der Waals surface area (Å²) in [5, 5.41) is 5.17. The first-order chi connectivity index (χ1) is 14.6. The number of carbonyl (C=O) groups excluding carboxylic acids is 2. The smallest absolute Gasteiger partial charge is 0.355 e. The quantitative estimate of drug-likeness (QED) is 0.194. The number of nitrogens with zero attached hydrogens (tertiary/aromatic N) is 1. The van der Waals surface area contributed by atoms with Gasteiger partial charge in [-0.25, -0.2) is 10.2 Å². The van der Waals surface area contributed by atoms with Crippen molar-refractivity contribution in [2.24, 2.45) is 5.10 Å². The number of thiophene rings is 1. The molecule has 4 aromatic rings. The fourth-order valence-electron chi connectivity index (χ4n) is 2.78. The fraction of sp³-hybridized carbons (Fsp3) is 0. The summed E-state index contributed by atoms with van der Waals surface area (Å²) in [7, 11) is 0. The third kappa shape index (κ3) is 4.40. The maximum atomic E-state index is 12.6. The van der Waals surface area contributed by atoms with Crippen molar-refractivity contribution in [2.45, 2.75) is 0 Å². The van der Waals surface area contributed by atoms with Gasteiger partial charge in [0.05, 0.1) is 11.2 Å². The maximum absolute atomic E-state index is 12.6. The number of amides is 1. The number of carbonyl (C=O) groups is 2. The first kappa shape index (κ1) is 19.8. The van der Waals surface area contributed by atoms with E-state index in [9.17, 15) is 9.59 Å². The standard InChI is InChI=1S/C23H15ClN2O3S/c24-20-18-11-4-5-12-19(18)30-21(20)23(28)29-17-10-6-7-15(13-17)14-25-26-22(27)16-8-2-1-3-9-16/h1-14H,(H,26,27). The van der Waals surface area contributed by atoms with Crippen molar-refractivity contribution in [3.05, 3.63) is 99.9 Å². The Balaban J connectivity index is 1.44. The van der Waals surface area contributed by atoms with Crippen molar-refractivity contribution in [3.63, 3.8) is 0 Å². The lowest BCUT2D eigenvalue weighted by Crippen LogP contribution is -2.17. The van der Waals surface area contributed by atoms with Crippen LogP contribution in [0.2, 0.25) is 5.02 Å². The monoisotopic (exact) mass is 434 g/mol. The first-order valence-corrected chi connectivity index (χ1v) is 10.2. The summed E-state index contributed by atoms with van der Waals surface area (Å²) in [6.45, 7) is 0. The average Bonchev–Trinajstić information content (AvgIpc) is 3.11. The highest BCUT2D eigenvalue weighted by Crippen LogP contribution is 2.35. The predicted octanol–water partition coefficient (Wildman–Crippen LogP) is 5.54. The van der Waals surface area contributed by atoms with Gasteiger partial charge >= 0.3 is 5.97 Å². The van der Waals surface area contributed by atoms with Gasteiger partial charge in [-0.3, -0.25) is 4.79 Å². The second kappa shape index (κ2) is 8.90. The molecule has 1 N–H and O–H groups in total. The molecule has 5 nitrogen and oxygen atoms in total. The largest absolute Gasteiger partial charge is 0.422 e. The first-order valence-electron chi connectivity index (χ1n) is 8.99. The number of fused-ring (bicyclic) bond motifs is 1. The summed E-state index contributed by atoms with van der Waals surface area (Å²) >= 11 is 7.64. The highest BCUT2D eigenvalue weighted by molar-refractivity contribution is 7.21. The molecule has 0 spiro atoms. The summed E-state index contributed by atoms with van der Waals surface area (Å²) in [5.74, 6) is -0.478. The second-order valence-corrected chi connectivity index (χ2v) is 7.70. The molecule has 0 aliphatic rings. The van der Waals surface area contributed by atoms with Crippen LogP contribution < -0.4 is 10.2 Å². The molecule has 0 unspecified atom stereocenters. The number of halogens is 1. The third-order valence-electron chi connectivity index (χ3n) is 4.20. The van der Waals surface area contributed by atoms with Crippen LogP contribution in [0.3, 0.4) is 0 Å². The lowest BCUT2D eigenvalue weighted by molar-refractivity contribution is 0.0740. The van der Waals surface area contributed by atoms with E-state index < -0.39 is 5.97 Å². The van der Waals surface area contributed by atoms with E-state index in [4.69, 9.17) is 16.3 Å². The van der Waals surface area contributed by atoms with Crippen molar-refractivity contribution >= 4 is 51.1 Å².